The summed E-state index contributed by atoms with van der Waals surface area (Å²) in [5.41, 5.74) is 0. The molecule has 1 N–H and O–H groups in total. The van der Waals surface area contributed by atoms with Gasteiger partial charge in [0.2, 0.25) is 0 Å². The van der Waals surface area contributed by atoms with E-state index < -0.39 is 15.8 Å². The molecule has 3 rings (SSSR count). The number of hydrogen-bond donors (Lipinski definition) is 1. The van der Waals surface area contributed by atoms with Crippen molar-refractivity contribution in [1.29, 1.82) is 0 Å². The third-order valence-corrected chi connectivity index (χ3v) is 2.72. The van der Waals surface area contributed by atoms with E-state index in [9.17, 15) is 0 Å². The van der Waals surface area contributed by atoms with Crippen LogP contribution in [-0.4, -0.2) is 19.6 Å². The summed E-state index contributed by atoms with van der Waals surface area (Å²) in [5, 5.41) is 0. The molecule has 0 radical (unpaired) electrons. The Balaban J connectivity index is 0.000000149. The van der Waals surface area contributed by atoms with E-state index in [0.29, 0.717) is 0 Å². The van der Waals surface area contributed by atoms with Gasteiger partial charge in [0.25, 0.3) is 0 Å². The van der Waals surface area contributed by atoms with Gasteiger partial charge in [0.1, 0.15) is 0 Å². The zero-order valence-electron chi connectivity index (χ0n) is 7.33. The first kappa shape index (κ1) is 11.1. The van der Waals surface area contributed by atoms with Crippen LogP contribution in [0.3, 0.4) is 0 Å². The van der Waals surface area contributed by atoms with Gasteiger partial charge in [-0.3, -0.25) is 0 Å². The minimum atomic E-state index is -6.11. The van der Waals surface area contributed by atoms with Crippen molar-refractivity contribution in [3.63, 3.8) is 0 Å². The molecule has 3 heterocycles. The summed E-state index contributed by atoms with van der Waals surface area (Å²) in [6.45, 7) is 4.43. The molecule has 3 fully saturated rings. The third kappa shape index (κ3) is 5.32. The molecule has 0 aromatic heterocycles. The molecule has 6 heteroatoms. The zero-order chi connectivity index (χ0) is 9.90. The molecule has 5 nitrogen and oxygen atoms in total. The fourth-order valence-corrected chi connectivity index (χ4v) is 2.03. The molecule has 78 valence electrons. The van der Waals surface area contributed by atoms with E-state index >= 15 is 0 Å². The first-order chi connectivity index (χ1) is 5.95. The van der Waals surface area contributed by atoms with Gasteiger partial charge in [0.05, 0.1) is 19.6 Å². The van der Waals surface area contributed by atoms with Crippen molar-refractivity contribution in [1.82, 2.24) is 0 Å². The Bertz CT molecular complexity index is 259. The normalized spacial score (nSPS) is 32.1. The van der Waals surface area contributed by atoms with Crippen LogP contribution in [0.15, 0.2) is 0 Å². The first-order valence-corrected chi connectivity index (χ1v) is 8.84. The fourth-order valence-electron chi connectivity index (χ4n) is 2.03. The summed E-state index contributed by atoms with van der Waals surface area (Å²) in [6, 6.07) is 0. The SMILES string of the molecule is C1C[NH+]2CCC1CC2.[O]=[Re](=[O])(=[O])[O-]. The van der Waals surface area contributed by atoms with E-state index in [0.717, 1.165) is 5.92 Å². The molecule has 0 aliphatic carbocycles. The summed E-state index contributed by atoms with van der Waals surface area (Å²) in [6.07, 6.45) is 4.57. The number of fused-ring (bicyclic) bond motifs is 3. The summed E-state index contributed by atoms with van der Waals surface area (Å²) >= 11 is -6.11. The van der Waals surface area contributed by atoms with Gasteiger partial charge in [0, 0.05) is 0 Å². The first-order valence-electron chi connectivity index (χ1n) is 4.40. The van der Waals surface area contributed by atoms with E-state index in [1.807, 2.05) is 4.90 Å². The van der Waals surface area contributed by atoms with Crippen LogP contribution in [0.4, 0.5) is 0 Å². The Hall–Kier alpha value is -0.0177. The van der Waals surface area contributed by atoms with Gasteiger partial charge in [-0.05, 0) is 25.2 Å². The number of quaternary nitrogens is 1. The molecule has 0 atom stereocenters. The van der Waals surface area contributed by atoms with Gasteiger partial charge in [-0.1, -0.05) is 0 Å². The minimum absolute atomic E-state index is 1.13. The van der Waals surface area contributed by atoms with E-state index in [2.05, 4.69) is 0 Å². The molecule has 0 aromatic rings. The Morgan fingerprint density at radius 1 is 1.00 bits per heavy atom. The summed E-state index contributed by atoms with van der Waals surface area (Å²) in [4.78, 5) is 1.87. The van der Waals surface area contributed by atoms with Crippen molar-refractivity contribution in [2.45, 2.75) is 19.3 Å². The van der Waals surface area contributed by atoms with Gasteiger partial charge in [0.15, 0.2) is 0 Å². The van der Waals surface area contributed by atoms with Crippen LogP contribution < -0.4 is 8.73 Å². The molecule has 0 amide bonds. The van der Waals surface area contributed by atoms with E-state index in [4.69, 9.17) is 14.2 Å². The Kier molecular flexibility index (Phi) is 3.80. The van der Waals surface area contributed by atoms with Gasteiger partial charge in [-0.2, -0.15) is 0 Å². The van der Waals surface area contributed by atoms with Gasteiger partial charge >= 0.3 is 30.0 Å². The topological polar surface area (TPSA) is 78.7 Å². The predicted molar refractivity (Wildman–Crippen MR) is 35.0 cm³/mol. The van der Waals surface area contributed by atoms with Crippen molar-refractivity contribution in [3.8, 4) is 0 Å². The molecule has 3 aliphatic rings. The molecule has 0 saturated carbocycles. The van der Waals surface area contributed by atoms with Crippen molar-refractivity contribution in [2.24, 2.45) is 5.92 Å². The van der Waals surface area contributed by atoms with Crippen LogP contribution in [-0.2, 0) is 26.2 Å². The number of nitrogens with one attached hydrogen (secondary N) is 1. The number of rotatable bonds is 0. The zero-order valence-corrected chi connectivity index (χ0v) is 10.0. The summed E-state index contributed by atoms with van der Waals surface area (Å²) < 4.78 is 34.6. The quantitative estimate of drug-likeness (QED) is 0.548. The molecule has 3 saturated heterocycles. The average molecular weight is 362 g/mol. The van der Waals surface area contributed by atoms with Crippen molar-refractivity contribution in [2.75, 3.05) is 19.6 Å². The Morgan fingerprint density at radius 3 is 1.38 bits per heavy atom. The molecule has 0 unspecified atom stereocenters. The van der Waals surface area contributed by atoms with Crippen molar-refractivity contribution >= 4 is 0 Å². The molecule has 0 aromatic carbocycles. The molecule has 3 aliphatic heterocycles. The van der Waals surface area contributed by atoms with E-state index in [-0.39, 0.29) is 0 Å². The second-order valence-electron chi connectivity index (χ2n) is 3.61. The van der Waals surface area contributed by atoms with Gasteiger partial charge < -0.3 is 4.90 Å². The van der Waals surface area contributed by atoms with Crippen LogP contribution in [0.1, 0.15) is 19.3 Å². The fraction of sp³-hybridized carbons (Fsp3) is 1.00. The van der Waals surface area contributed by atoms with Gasteiger partial charge in [-0.25, -0.2) is 0 Å². The third-order valence-electron chi connectivity index (χ3n) is 2.72. The van der Waals surface area contributed by atoms with Crippen LogP contribution in [0, 0.1) is 5.92 Å². The van der Waals surface area contributed by atoms with Gasteiger partial charge in [-0.15, -0.1) is 0 Å². The van der Waals surface area contributed by atoms with E-state index in [1.54, 1.807) is 0 Å². The van der Waals surface area contributed by atoms with Crippen LogP contribution in [0.25, 0.3) is 0 Å². The van der Waals surface area contributed by atoms with Crippen molar-refractivity contribution < 1.29 is 34.9 Å². The average Bonchev–Trinajstić information content (AvgIpc) is 2.05. The van der Waals surface area contributed by atoms with Crippen LogP contribution in [0.5, 0.6) is 0 Å². The van der Waals surface area contributed by atoms with Crippen LogP contribution in [0.2, 0.25) is 0 Å². The summed E-state index contributed by atoms with van der Waals surface area (Å²) in [7, 11) is 0. The molecular formula is C7H14NO4Re. The monoisotopic (exact) mass is 363 g/mol. The Labute approximate surface area is 80.1 Å². The molecular weight excluding hydrogens is 348 g/mol. The molecule has 13 heavy (non-hydrogen) atoms. The second-order valence-corrected chi connectivity index (χ2v) is 6.33. The van der Waals surface area contributed by atoms with E-state index in [1.165, 1.54) is 38.9 Å². The second kappa shape index (κ2) is 4.47. The molecule has 2 bridgehead atoms. The number of piperidine rings is 3. The standard InChI is InChI=1S/C7H13N.4O.Re/c1-4-8-5-2-7(1)3-6-8;;;;;/h7H,1-6H2;;;;;/q;;;;-1;/p+1. The predicted octanol–water partition coefficient (Wildman–Crippen LogP) is -1.86. The van der Waals surface area contributed by atoms with Crippen LogP contribution >= 0.6 is 0 Å². The summed E-state index contributed by atoms with van der Waals surface area (Å²) in [5.74, 6) is 1.13. The molecule has 0 spiro atoms. The maximum atomic E-state index is 8.64. The maximum absolute atomic E-state index is 8.64. The Morgan fingerprint density at radius 2 is 1.31 bits per heavy atom. The van der Waals surface area contributed by atoms with Crippen molar-refractivity contribution in [3.05, 3.63) is 0 Å². The number of hydrogen-bond acceptors (Lipinski definition) is 4.